The van der Waals surface area contributed by atoms with E-state index in [1.807, 2.05) is 6.92 Å². The summed E-state index contributed by atoms with van der Waals surface area (Å²) in [6, 6.07) is 6.51. The molecule has 1 aliphatic carbocycles. The van der Waals surface area contributed by atoms with Crippen LogP contribution in [0.1, 0.15) is 97.2 Å². The Hall–Kier alpha value is -1.91. The van der Waals surface area contributed by atoms with E-state index in [0.29, 0.717) is 0 Å². The predicted molar refractivity (Wildman–Crippen MR) is 122 cm³/mol. The lowest BCUT2D eigenvalue weighted by atomic mass is 9.84. The molecule has 0 bridgehead atoms. The van der Waals surface area contributed by atoms with Gasteiger partial charge in [0.25, 0.3) is 5.56 Å². The van der Waals surface area contributed by atoms with Gasteiger partial charge in [-0.15, -0.1) is 0 Å². The molecule has 30 heavy (non-hydrogen) atoms. The minimum atomic E-state index is -0.272. The Kier molecular flexibility index (Phi) is 7.20. The van der Waals surface area contributed by atoms with Crippen molar-refractivity contribution in [3.63, 3.8) is 0 Å². The van der Waals surface area contributed by atoms with E-state index >= 15 is 0 Å². The zero-order chi connectivity index (χ0) is 22.0. The maximum atomic E-state index is 13.1. The maximum Gasteiger partial charge on any atom is 0.252 e. The Balaban J connectivity index is 2.25. The van der Waals surface area contributed by atoms with Crippen LogP contribution in [0.5, 0.6) is 0 Å². The maximum absolute atomic E-state index is 13.1. The number of rotatable bonds is 9. The van der Waals surface area contributed by atoms with Crippen molar-refractivity contribution in [1.29, 1.82) is 0 Å². The van der Waals surface area contributed by atoms with Crippen LogP contribution in [-0.4, -0.2) is 19.2 Å². The molecule has 1 fully saturated rings. The third kappa shape index (κ3) is 4.70. The van der Waals surface area contributed by atoms with Gasteiger partial charge in [0, 0.05) is 25.5 Å². The van der Waals surface area contributed by atoms with Crippen LogP contribution in [0.4, 0.5) is 0 Å². The summed E-state index contributed by atoms with van der Waals surface area (Å²) in [5, 5.41) is 0. The topological polar surface area (TPSA) is 51.3 Å². The lowest BCUT2D eigenvalue weighted by molar-refractivity contribution is 0.118. The van der Waals surface area contributed by atoms with E-state index in [-0.39, 0.29) is 23.7 Å². The number of pyridine rings is 1. The van der Waals surface area contributed by atoms with Gasteiger partial charge in [-0.05, 0) is 80.5 Å². The molecule has 0 radical (unpaired) electrons. The van der Waals surface area contributed by atoms with Gasteiger partial charge in [0.1, 0.15) is 6.10 Å². The van der Waals surface area contributed by atoms with E-state index in [2.05, 4.69) is 50.9 Å². The average Bonchev–Trinajstić information content (AvgIpc) is 3.53. The van der Waals surface area contributed by atoms with Crippen molar-refractivity contribution >= 4 is 0 Å². The van der Waals surface area contributed by atoms with Crippen LogP contribution in [0.3, 0.4) is 0 Å². The first-order chi connectivity index (χ1) is 14.3. The number of nitrogens with one attached hydrogen (secondary N) is 1. The monoisotopic (exact) mass is 411 g/mol. The van der Waals surface area contributed by atoms with Crippen molar-refractivity contribution in [1.82, 2.24) is 4.98 Å². The molecule has 0 saturated heterocycles. The highest BCUT2D eigenvalue weighted by Crippen LogP contribution is 2.40. The molecule has 0 aliphatic heterocycles. The molecule has 1 aliphatic rings. The van der Waals surface area contributed by atoms with Crippen LogP contribution >= 0.6 is 0 Å². The number of aromatic nitrogens is 1. The highest BCUT2D eigenvalue weighted by atomic mass is 16.5. The molecule has 1 aromatic carbocycles. The first-order valence-corrected chi connectivity index (χ1v) is 11.2. The number of ether oxygens (including phenoxy) is 2. The van der Waals surface area contributed by atoms with Gasteiger partial charge in [-0.3, -0.25) is 4.79 Å². The number of aryl methyl sites for hydroxylation is 2. The Morgan fingerprint density at radius 3 is 2.27 bits per heavy atom. The Labute approximate surface area is 181 Å². The van der Waals surface area contributed by atoms with Crippen LogP contribution in [0, 0.1) is 19.8 Å². The summed E-state index contributed by atoms with van der Waals surface area (Å²) in [5.74, 6) is 0.888. The third-order valence-corrected chi connectivity index (χ3v) is 6.65. The number of aromatic amines is 1. The molecule has 3 rings (SSSR count). The quantitative estimate of drug-likeness (QED) is 0.559. The minimum absolute atomic E-state index is 0.00189. The summed E-state index contributed by atoms with van der Waals surface area (Å²) < 4.78 is 11.7. The molecule has 3 unspecified atom stereocenters. The summed E-state index contributed by atoms with van der Waals surface area (Å²) >= 11 is 0. The van der Waals surface area contributed by atoms with Gasteiger partial charge in [0.15, 0.2) is 0 Å². The third-order valence-electron chi connectivity index (χ3n) is 6.65. The highest BCUT2D eigenvalue weighted by Gasteiger charge is 2.31. The SMILES string of the molecule is CCC(C)c1c(C(OC)c2cc(C)cc(C(C)OC)c2)c(CC2CC2)c(C)[nH]c1=O. The average molecular weight is 412 g/mol. The number of H-pyrrole nitrogens is 1. The standard InChI is InChI=1S/C26H37NO3/c1-8-16(3)23-24(22(13-19-9-10-19)17(4)27-26(23)28)25(30-7)21-12-15(2)11-20(14-21)18(5)29-6/h11-12,14,16,18-19,25H,8-10,13H2,1-7H3,(H,27,28). The fourth-order valence-electron chi connectivity index (χ4n) is 4.45. The van der Waals surface area contributed by atoms with Gasteiger partial charge in [-0.2, -0.15) is 0 Å². The smallest absolute Gasteiger partial charge is 0.252 e. The zero-order valence-corrected chi connectivity index (χ0v) is 19.6. The molecule has 0 spiro atoms. The fraction of sp³-hybridized carbons (Fsp3) is 0.577. The van der Waals surface area contributed by atoms with Crippen LogP contribution in [0.2, 0.25) is 0 Å². The Morgan fingerprint density at radius 2 is 1.70 bits per heavy atom. The van der Waals surface area contributed by atoms with Crippen molar-refractivity contribution in [2.24, 2.45) is 5.92 Å². The number of benzene rings is 1. The normalized spacial score (nSPS) is 17.0. The van der Waals surface area contributed by atoms with Crippen molar-refractivity contribution in [3.05, 3.63) is 67.6 Å². The van der Waals surface area contributed by atoms with Crippen molar-refractivity contribution < 1.29 is 9.47 Å². The second-order valence-electron chi connectivity index (χ2n) is 9.01. The van der Waals surface area contributed by atoms with Gasteiger partial charge >= 0.3 is 0 Å². The first-order valence-electron chi connectivity index (χ1n) is 11.2. The molecular weight excluding hydrogens is 374 g/mol. The van der Waals surface area contributed by atoms with Gasteiger partial charge in [0.05, 0.1) is 6.10 Å². The molecule has 2 aromatic rings. The Bertz CT molecular complexity index is 942. The number of methoxy groups -OCH3 is 2. The van der Waals surface area contributed by atoms with E-state index in [1.54, 1.807) is 14.2 Å². The molecule has 3 atom stereocenters. The minimum Gasteiger partial charge on any atom is -0.377 e. The molecule has 1 aromatic heterocycles. The van der Waals surface area contributed by atoms with Crippen LogP contribution < -0.4 is 5.56 Å². The summed E-state index contributed by atoms with van der Waals surface area (Å²) in [6.07, 6.45) is 4.20. The van der Waals surface area contributed by atoms with Gasteiger partial charge in [-0.25, -0.2) is 0 Å². The van der Waals surface area contributed by atoms with Gasteiger partial charge < -0.3 is 14.5 Å². The molecule has 1 heterocycles. The van der Waals surface area contributed by atoms with E-state index in [9.17, 15) is 4.79 Å². The lowest BCUT2D eigenvalue weighted by Crippen LogP contribution is -2.25. The van der Waals surface area contributed by atoms with Crippen molar-refractivity contribution in [2.45, 2.75) is 78.4 Å². The molecule has 1 N–H and O–H groups in total. The largest absolute Gasteiger partial charge is 0.377 e. The van der Waals surface area contributed by atoms with Crippen molar-refractivity contribution in [2.75, 3.05) is 14.2 Å². The molecule has 4 heteroatoms. The second kappa shape index (κ2) is 9.49. The summed E-state index contributed by atoms with van der Waals surface area (Å²) in [7, 11) is 3.49. The summed E-state index contributed by atoms with van der Waals surface area (Å²) in [4.78, 5) is 16.3. The first kappa shape index (κ1) is 22.8. The van der Waals surface area contributed by atoms with Crippen LogP contribution in [-0.2, 0) is 15.9 Å². The van der Waals surface area contributed by atoms with E-state index in [4.69, 9.17) is 9.47 Å². The summed E-state index contributed by atoms with van der Waals surface area (Å²) in [5.41, 5.74) is 7.62. The van der Waals surface area contributed by atoms with Crippen LogP contribution in [0.15, 0.2) is 23.0 Å². The van der Waals surface area contributed by atoms with Crippen molar-refractivity contribution in [3.8, 4) is 0 Å². The van der Waals surface area contributed by atoms with Gasteiger partial charge in [0.2, 0.25) is 0 Å². The number of hydrogen-bond donors (Lipinski definition) is 1. The fourth-order valence-corrected chi connectivity index (χ4v) is 4.45. The van der Waals surface area contributed by atoms with E-state index in [1.165, 1.54) is 24.0 Å². The zero-order valence-electron chi connectivity index (χ0n) is 19.6. The molecule has 164 valence electrons. The second-order valence-corrected chi connectivity index (χ2v) is 9.01. The van der Waals surface area contributed by atoms with E-state index in [0.717, 1.165) is 46.7 Å². The highest BCUT2D eigenvalue weighted by molar-refractivity contribution is 5.46. The predicted octanol–water partition coefficient (Wildman–Crippen LogP) is 5.90. The molecule has 4 nitrogen and oxygen atoms in total. The molecule has 1 saturated carbocycles. The van der Waals surface area contributed by atoms with Gasteiger partial charge in [-0.1, -0.05) is 37.6 Å². The van der Waals surface area contributed by atoms with E-state index < -0.39 is 0 Å². The molecule has 0 amide bonds. The molecular formula is C26H37NO3. The Morgan fingerprint density at radius 1 is 1.03 bits per heavy atom. The summed E-state index contributed by atoms with van der Waals surface area (Å²) in [6.45, 7) is 10.5. The number of hydrogen-bond acceptors (Lipinski definition) is 3. The lowest BCUT2D eigenvalue weighted by Gasteiger charge is -2.27. The van der Waals surface area contributed by atoms with Crippen LogP contribution in [0.25, 0.3) is 0 Å².